The predicted octanol–water partition coefficient (Wildman–Crippen LogP) is 1.83. The number of rotatable bonds is 1. The van der Waals surface area contributed by atoms with E-state index in [9.17, 15) is 0 Å². The lowest BCUT2D eigenvalue weighted by Crippen LogP contribution is -2.46. The lowest BCUT2D eigenvalue weighted by Gasteiger charge is -2.30. The van der Waals surface area contributed by atoms with Gasteiger partial charge in [0.1, 0.15) is 5.82 Å². The molecule has 3 aromatic rings. The Morgan fingerprint density at radius 3 is 2.64 bits per heavy atom. The summed E-state index contributed by atoms with van der Waals surface area (Å²) in [6.45, 7) is 0. The summed E-state index contributed by atoms with van der Waals surface area (Å²) in [5, 5.41) is 3.98. The highest BCUT2D eigenvalue weighted by molar-refractivity contribution is 5.91. The normalized spacial score (nSPS) is 19.7. The monoisotopic (exact) mass is 290 g/mol. The second kappa shape index (κ2) is 4.51. The van der Waals surface area contributed by atoms with E-state index in [-0.39, 0.29) is 0 Å². The first-order chi connectivity index (χ1) is 10.7. The Balaban J connectivity index is 1.86. The minimum absolute atomic E-state index is 0.342. The molecule has 0 radical (unpaired) electrons. The minimum atomic E-state index is -1.23. The van der Waals surface area contributed by atoms with Crippen molar-refractivity contribution in [2.24, 2.45) is 10.7 Å². The number of nitrogens with zero attached hydrogens (tertiary/aromatic N) is 3. The van der Waals surface area contributed by atoms with Gasteiger partial charge in [-0.25, -0.2) is 15.0 Å². The third kappa shape index (κ3) is 1.89. The molecule has 6 heteroatoms. The van der Waals surface area contributed by atoms with Crippen molar-refractivity contribution in [2.45, 2.75) is 5.79 Å². The number of nitrogens with one attached hydrogen (secondary N) is 1. The SMILES string of the molecule is Nc1nc(C2(N)N=Cc3ccccc3N2)nc2ccccc12. The number of aromatic nitrogens is 2. The third-order valence-corrected chi connectivity index (χ3v) is 3.67. The first-order valence-electron chi connectivity index (χ1n) is 6.90. The summed E-state index contributed by atoms with van der Waals surface area (Å²) in [7, 11) is 0. The van der Waals surface area contributed by atoms with Crippen LogP contribution >= 0.6 is 0 Å². The van der Waals surface area contributed by atoms with E-state index in [2.05, 4.69) is 20.3 Å². The molecular formula is C16H14N6. The van der Waals surface area contributed by atoms with Crippen molar-refractivity contribution in [1.29, 1.82) is 0 Å². The summed E-state index contributed by atoms with van der Waals surface area (Å²) in [5.41, 5.74) is 15.0. The van der Waals surface area contributed by atoms with E-state index in [1.165, 1.54) is 0 Å². The number of aliphatic imine (C=N–C) groups is 1. The summed E-state index contributed by atoms with van der Waals surface area (Å²) in [5.74, 6) is -0.497. The molecule has 1 aromatic heterocycles. The second-order valence-electron chi connectivity index (χ2n) is 5.19. The van der Waals surface area contributed by atoms with Crippen molar-refractivity contribution in [3.63, 3.8) is 0 Å². The van der Waals surface area contributed by atoms with Crippen molar-refractivity contribution in [2.75, 3.05) is 11.1 Å². The maximum Gasteiger partial charge on any atom is 0.244 e. The summed E-state index contributed by atoms with van der Waals surface area (Å²) in [6.07, 6.45) is 1.72. The molecule has 6 nitrogen and oxygen atoms in total. The highest BCUT2D eigenvalue weighted by atomic mass is 15.3. The number of anilines is 2. The van der Waals surface area contributed by atoms with E-state index in [1.54, 1.807) is 6.21 Å². The van der Waals surface area contributed by atoms with E-state index in [0.29, 0.717) is 11.6 Å². The largest absolute Gasteiger partial charge is 0.383 e. The molecule has 22 heavy (non-hydrogen) atoms. The molecule has 0 fully saturated rings. The Morgan fingerprint density at radius 1 is 0.955 bits per heavy atom. The molecule has 4 rings (SSSR count). The van der Waals surface area contributed by atoms with E-state index < -0.39 is 5.79 Å². The van der Waals surface area contributed by atoms with Crippen LogP contribution in [0.4, 0.5) is 11.5 Å². The number of nitrogens with two attached hydrogens (primary N) is 2. The van der Waals surface area contributed by atoms with Gasteiger partial charge in [0.15, 0.2) is 5.82 Å². The van der Waals surface area contributed by atoms with Crippen LogP contribution in [0.3, 0.4) is 0 Å². The van der Waals surface area contributed by atoms with Gasteiger partial charge in [-0.05, 0) is 18.2 Å². The summed E-state index contributed by atoms with van der Waals surface area (Å²) >= 11 is 0. The fraction of sp³-hybridized carbons (Fsp3) is 0.0625. The van der Waals surface area contributed by atoms with Crippen LogP contribution in [0.5, 0.6) is 0 Å². The van der Waals surface area contributed by atoms with Crippen LogP contribution in [0.2, 0.25) is 0 Å². The fourth-order valence-electron chi connectivity index (χ4n) is 2.52. The number of nitrogen functional groups attached to an aromatic ring is 1. The molecule has 0 aliphatic carbocycles. The molecule has 1 aliphatic rings. The smallest absolute Gasteiger partial charge is 0.244 e. The van der Waals surface area contributed by atoms with E-state index in [0.717, 1.165) is 22.2 Å². The molecular weight excluding hydrogens is 276 g/mol. The Hall–Kier alpha value is -2.99. The van der Waals surface area contributed by atoms with Gasteiger partial charge in [0, 0.05) is 22.9 Å². The zero-order chi connectivity index (χ0) is 15.2. The zero-order valence-corrected chi connectivity index (χ0v) is 11.7. The maximum absolute atomic E-state index is 6.37. The Bertz CT molecular complexity index is 904. The number of benzene rings is 2. The minimum Gasteiger partial charge on any atom is -0.383 e. The van der Waals surface area contributed by atoms with E-state index >= 15 is 0 Å². The van der Waals surface area contributed by atoms with Crippen molar-refractivity contribution >= 4 is 28.6 Å². The quantitative estimate of drug-likeness (QED) is 0.634. The lowest BCUT2D eigenvalue weighted by atomic mass is 10.1. The van der Waals surface area contributed by atoms with Crippen molar-refractivity contribution < 1.29 is 0 Å². The molecule has 0 saturated heterocycles. The van der Waals surface area contributed by atoms with Crippen molar-refractivity contribution in [3.05, 3.63) is 59.9 Å². The molecule has 0 bridgehead atoms. The first kappa shape index (κ1) is 12.7. The Kier molecular flexibility index (Phi) is 2.61. The predicted molar refractivity (Wildman–Crippen MR) is 87.5 cm³/mol. The zero-order valence-electron chi connectivity index (χ0n) is 11.7. The average molecular weight is 290 g/mol. The Morgan fingerprint density at radius 2 is 1.73 bits per heavy atom. The van der Waals surface area contributed by atoms with Gasteiger partial charge in [0.2, 0.25) is 5.79 Å². The molecule has 108 valence electrons. The van der Waals surface area contributed by atoms with Gasteiger partial charge in [-0.1, -0.05) is 30.3 Å². The van der Waals surface area contributed by atoms with Gasteiger partial charge in [-0.15, -0.1) is 0 Å². The highest BCUT2D eigenvalue weighted by Crippen LogP contribution is 2.29. The van der Waals surface area contributed by atoms with Crippen LogP contribution in [-0.2, 0) is 5.79 Å². The molecule has 1 unspecified atom stereocenters. The van der Waals surface area contributed by atoms with E-state index in [4.69, 9.17) is 11.5 Å². The van der Waals surface area contributed by atoms with E-state index in [1.807, 2.05) is 48.5 Å². The second-order valence-corrected chi connectivity index (χ2v) is 5.19. The van der Waals surface area contributed by atoms with Gasteiger partial charge in [-0.3, -0.25) is 5.73 Å². The lowest BCUT2D eigenvalue weighted by molar-refractivity contribution is 0.506. The van der Waals surface area contributed by atoms with Gasteiger partial charge in [0.25, 0.3) is 0 Å². The van der Waals surface area contributed by atoms with Crippen LogP contribution in [-0.4, -0.2) is 16.2 Å². The topological polar surface area (TPSA) is 102 Å². The highest BCUT2D eigenvalue weighted by Gasteiger charge is 2.33. The standard InChI is InChI=1S/C16H14N6/c17-14-11-6-2-4-8-13(11)20-15(21-14)16(18)19-9-10-5-1-3-7-12(10)22-16/h1-9,22H,18H2,(H2,17,20,21). The molecule has 0 amide bonds. The van der Waals surface area contributed by atoms with Crippen LogP contribution < -0.4 is 16.8 Å². The number of hydrogen-bond donors (Lipinski definition) is 3. The van der Waals surface area contributed by atoms with Gasteiger partial charge >= 0.3 is 0 Å². The number of para-hydroxylation sites is 2. The fourth-order valence-corrected chi connectivity index (χ4v) is 2.52. The summed E-state index contributed by atoms with van der Waals surface area (Å²) < 4.78 is 0. The average Bonchev–Trinajstić information content (AvgIpc) is 2.55. The first-order valence-corrected chi connectivity index (χ1v) is 6.90. The summed E-state index contributed by atoms with van der Waals surface area (Å²) in [4.78, 5) is 13.2. The summed E-state index contributed by atoms with van der Waals surface area (Å²) in [6, 6.07) is 15.3. The molecule has 1 aliphatic heterocycles. The van der Waals surface area contributed by atoms with Gasteiger partial charge in [0.05, 0.1) is 5.52 Å². The van der Waals surface area contributed by atoms with Crippen molar-refractivity contribution in [3.8, 4) is 0 Å². The van der Waals surface area contributed by atoms with Crippen LogP contribution in [0.25, 0.3) is 10.9 Å². The number of hydrogen-bond acceptors (Lipinski definition) is 6. The third-order valence-electron chi connectivity index (χ3n) is 3.67. The van der Waals surface area contributed by atoms with Crippen LogP contribution in [0.15, 0.2) is 53.5 Å². The Labute approximate surface area is 126 Å². The molecule has 1 atom stereocenters. The van der Waals surface area contributed by atoms with Gasteiger partial charge < -0.3 is 11.1 Å². The number of fused-ring (bicyclic) bond motifs is 2. The molecule has 0 spiro atoms. The van der Waals surface area contributed by atoms with Gasteiger partial charge in [-0.2, -0.15) is 0 Å². The van der Waals surface area contributed by atoms with Crippen LogP contribution in [0.1, 0.15) is 11.4 Å². The molecule has 0 saturated carbocycles. The van der Waals surface area contributed by atoms with Crippen molar-refractivity contribution in [1.82, 2.24) is 9.97 Å². The molecule has 5 N–H and O–H groups in total. The van der Waals surface area contributed by atoms with Crippen LogP contribution in [0, 0.1) is 0 Å². The molecule has 2 heterocycles. The maximum atomic E-state index is 6.37. The molecule has 2 aromatic carbocycles.